The first-order valence-electron chi connectivity index (χ1n) is 11.9. The molecule has 11 nitrogen and oxygen atoms in total. The van der Waals surface area contributed by atoms with E-state index in [1.807, 2.05) is 59.8 Å². The Hall–Kier alpha value is -1.84. The van der Waals surface area contributed by atoms with E-state index in [-0.39, 0.29) is 0 Å². The van der Waals surface area contributed by atoms with Gasteiger partial charge in [-0.3, -0.25) is 9.59 Å². The molecule has 37 heavy (non-hydrogen) atoms. The van der Waals surface area contributed by atoms with Gasteiger partial charge in [-0.2, -0.15) is 0 Å². The third-order valence-corrected chi connectivity index (χ3v) is 7.29. The summed E-state index contributed by atoms with van der Waals surface area (Å²) in [5, 5.41) is 0. The molecule has 9 atom stereocenters. The maximum Gasteiger partial charge on any atom is 0.339 e. The van der Waals surface area contributed by atoms with Crippen LogP contribution in [0.2, 0.25) is 0 Å². The van der Waals surface area contributed by atoms with Gasteiger partial charge in [0.2, 0.25) is 0 Å². The zero-order valence-corrected chi connectivity index (χ0v) is 23.5. The summed E-state index contributed by atoms with van der Waals surface area (Å²) < 4.78 is 45.0. The lowest BCUT2D eigenvalue weighted by Gasteiger charge is -2.46. The van der Waals surface area contributed by atoms with Gasteiger partial charge in [-0.25, -0.2) is 4.79 Å². The van der Waals surface area contributed by atoms with Gasteiger partial charge in [0, 0.05) is 27.4 Å². The molecule has 0 saturated carbocycles. The molecule has 0 bridgehead atoms. The molecule has 1 aromatic rings. The second kappa shape index (κ2) is 13.8. The third-order valence-electron chi connectivity index (χ3n) is 6.00. The number of carbonyl (C=O) groups excluding carboxylic acids is 3. The fourth-order valence-electron chi connectivity index (χ4n) is 4.31. The average Bonchev–Trinajstić information content (AvgIpc) is 2.87. The fourth-order valence-corrected chi connectivity index (χ4v) is 5.20. The molecule has 0 amide bonds. The van der Waals surface area contributed by atoms with Crippen molar-refractivity contribution < 1.29 is 52.3 Å². The number of halogens is 1. The molecule has 0 aromatic heterocycles. The van der Waals surface area contributed by atoms with Crippen LogP contribution in [0.25, 0.3) is 0 Å². The van der Waals surface area contributed by atoms with E-state index in [4.69, 9.17) is 37.9 Å². The summed E-state index contributed by atoms with van der Waals surface area (Å²) in [4.78, 5) is 36.3. The van der Waals surface area contributed by atoms with Crippen LogP contribution < -0.4 is 0 Å². The zero-order chi connectivity index (χ0) is 27.1. The maximum atomic E-state index is 12.6. The Balaban J connectivity index is 1.85. The summed E-state index contributed by atoms with van der Waals surface area (Å²) in [5.74, 6) is -2.09. The number of methoxy groups -OCH3 is 2. The predicted molar refractivity (Wildman–Crippen MR) is 135 cm³/mol. The Labute approximate surface area is 229 Å². The number of carbonyl (C=O) groups is 3. The predicted octanol–water partition coefficient (Wildman–Crippen LogP) is 2.30. The Morgan fingerprint density at radius 3 is 2.22 bits per heavy atom. The van der Waals surface area contributed by atoms with Gasteiger partial charge in [0.25, 0.3) is 0 Å². The zero-order valence-electron chi connectivity index (χ0n) is 21.4. The lowest BCUT2D eigenvalue weighted by Crippen LogP contribution is -2.63. The fraction of sp³-hybridized carbons (Fsp3) is 0.640. The van der Waals surface area contributed by atoms with Crippen molar-refractivity contribution >= 4 is 40.5 Å². The molecule has 0 aliphatic carbocycles. The van der Waals surface area contributed by atoms with E-state index in [9.17, 15) is 14.4 Å². The molecule has 0 radical (unpaired) electrons. The Bertz CT molecular complexity index is 913. The van der Waals surface area contributed by atoms with Gasteiger partial charge < -0.3 is 37.9 Å². The summed E-state index contributed by atoms with van der Waals surface area (Å²) in [7, 11) is 2.73. The van der Waals surface area contributed by atoms with Crippen LogP contribution in [0.4, 0.5) is 0 Å². The normalized spacial score (nSPS) is 33.8. The molecule has 206 valence electrons. The maximum absolute atomic E-state index is 12.6. The summed E-state index contributed by atoms with van der Waals surface area (Å²) in [6.45, 7) is 4.57. The van der Waals surface area contributed by atoms with Crippen LogP contribution in [0.1, 0.15) is 32.8 Å². The van der Waals surface area contributed by atoms with E-state index in [1.165, 1.54) is 21.0 Å². The highest BCUT2D eigenvalue weighted by atomic mass is 127. The second-order valence-corrected chi connectivity index (χ2v) is 10.2. The molecule has 0 unspecified atom stereocenters. The minimum absolute atomic E-state index is 0.336. The summed E-state index contributed by atoms with van der Waals surface area (Å²) >= 11 is 2.00. The van der Waals surface area contributed by atoms with Crippen molar-refractivity contribution in [3.05, 3.63) is 35.9 Å². The largest absolute Gasteiger partial charge is 0.467 e. The van der Waals surface area contributed by atoms with E-state index in [1.54, 1.807) is 7.11 Å². The van der Waals surface area contributed by atoms with Crippen LogP contribution in [-0.4, -0.2) is 85.3 Å². The van der Waals surface area contributed by atoms with Crippen LogP contribution >= 0.6 is 22.6 Å². The standard InChI is InChI=1S/C25H33IO11/c1-13-20(17(11-18(30-4)33-13)32-12-16-9-7-6-8-10-16)36-25-19(26)21(34-14(2)27)22(35-15(3)28)23(37-25)24(29)31-5/h6-10,13,17-23,25H,11-12H2,1-5H3/t13-,17-,18+,19-,20-,21-,22+,23+,25-/m1/s1. The number of alkyl halides is 1. The van der Waals surface area contributed by atoms with Gasteiger partial charge in [-0.1, -0.05) is 52.9 Å². The lowest BCUT2D eigenvalue weighted by atomic mass is 9.99. The molecule has 0 N–H and O–H groups in total. The molecule has 12 heteroatoms. The van der Waals surface area contributed by atoms with Gasteiger partial charge in [0.05, 0.1) is 25.9 Å². The number of rotatable bonds is 9. The van der Waals surface area contributed by atoms with E-state index >= 15 is 0 Å². The van der Waals surface area contributed by atoms with Crippen molar-refractivity contribution in [1.29, 1.82) is 0 Å². The van der Waals surface area contributed by atoms with Crippen molar-refractivity contribution in [3.8, 4) is 0 Å². The Morgan fingerprint density at radius 2 is 1.62 bits per heavy atom. The first kappa shape index (κ1) is 29.7. The molecular weight excluding hydrogens is 603 g/mol. The van der Waals surface area contributed by atoms with Crippen molar-refractivity contribution in [2.24, 2.45) is 0 Å². The quantitative estimate of drug-likeness (QED) is 0.172. The van der Waals surface area contributed by atoms with E-state index < -0.39 is 71.0 Å². The average molecular weight is 636 g/mol. The Kier molecular flexibility index (Phi) is 11.1. The molecule has 2 heterocycles. The number of hydrogen-bond donors (Lipinski definition) is 0. The summed E-state index contributed by atoms with van der Waals surface area (Å²) in [6.07, 6.45) is -6.36. The van der Waals surface area contributed by atoms with Crippen LogP contribution in [0.5, 0.6) is 0 Å². The van der Waals surface area contributed by atoms with Gasteiger partial charge >= 0.3 is 17.9 Å². The first-order chi connectivity index (χ1) is 17.6. The van der Waals surface area contributed by atoms with Crippen molar-refractivity contribution in [1.82, 2.24) is 0 Å². The number of benzene rings is 1. The van der Waals surface area contributed by atoms with Crippen LogP contribution in [-0.2, 0) is 58.9 Å². The van der Waals surface area contributed by atoms with Crippen molar-refractivity contribution in [2.45, 2.75) is 86.9 Å². The highest BCUT2D eigenvalue weighted by Gasteiger charge is 2.54. The highest BCUT2D eigenvalue weighted by Crippen LogP contribution is 2.36. The van der Waals surface area contributed by atoms with Gasteiger partial charge in [0.15, 0.2) is 30.9 Å². The molecule has 2 saturated heterocycles. The monoisotopic (exact) mass is 636 g/mol. The summed E-state index contributed by atoms with van der Waals surface area (Å²) in [5.41, 5.74) is 0.986. The topological polar surface area (TPSA) is 125 Å². The molecule has 0 spiro atoms. The van der Waals surface area contributed by atoms with E-state index in [0.717, 1.165) is 5.56 Å². The number of esters is 3. The van der Waals surface area contributed by atoms with Gasteiger partial charge in [-0.15, -0.1) is 0 Å². The van der Waals surface area contributed by atoms with Crippen molar-refractivity contribution in [3.63, 3.8) is 0 Å². The molecule has 3 rings (SSSR count). The van der Waals surface area contributed by atoms with E-state index in [0.29, 0.717) is 13.0 Å². The van der Waals surface area contributed by atoms with Crippen molar-refractivity contribution in [2.75, 3.05) is 14.2 Å². The third kappa shape index (κ3) is 7.83. The van der Waals surface area contributed by atoms with Gasteiger partial charge in [-0.05, 0) is 12.5 Å². The van der Waals surface area contributed by atoms with Crippen LogP contribution in [0, 0.1) is 0 Å². The SMILES string of the molecule is COC(=O)[C@H]1O[C@@H](O[C@@H]2[C@@H](C)O[C@H](OC)C[C@H]2OCc2ccccc2)[C@H](I)[C@@H](OC(C)=O)[C@@H]1OC(C)=O. The van der Waals surface area contributed by atoms with Crippen LogP contribution in [0.15, 0.2) is 30.3 Å². The first-order valence-corrected chi connectivity index (χ1v) is 13.1. The number of hydrogen-bond acceptors (Lipinski definition) is 11. The minimum Gasteiger partial charge on any atom is -0.467 e. The van der Waals surface area contributed by atoms with Crippen LogP contribution in [0.3, 0.4) is 0 Å². The summed E-state index contributed by atoms with van der Waals surface area (Å²) in [6, 6.07) is 9.69. The van der Waals surface area contributed by atoms with E-state index in [2.05, 4.69) is 0 Å². The molecule has 2 aliphatic rings. The molecule has 2 aliphatic heterocycles. The molecular formula is C25H33IO11. The second-order valence-electron chi connectivity index (χ2n) is 8.72. The Morgan fingerprint density at radius 1 is 0.973 bits per heavy atom. The molecule has 2 fully saturated rings. The minimum atomic E-state index is -1.38. The molecule has 1 aromatic carbocycles. The lowest BCUT2D eigenvalue weighted by molar-refractivity contribution is -0.311. The highest BCUT2D eigenvalue weighted by molar-refractivity contribution is 14.1. The smallest absolute Gasteiger partial charge is 0.339 e. The number of ether oxygens (including phenoxy) is 8. The van der Waals surface area contributed by atoms with Gasteiger partial charge in [0.1, 0.15) is 10.0 Å².